The summed E-state index contributed by atoms with van der Waals surface area (Å²) in [6.07, 6.45) is 5.33. The van der Waals surface area contributed by atoms with Crippen LogP contribution in [0.15, 0.2) is 29.8 Å². The highest BCUT2D eigenvalue weighted by Crippen LogP contribution is 2.65. The van der Waals surface area contributed by atoms with Crippen LogP contribution in [0.5, 0.6) is 5.75 Å². The Morgan fingerprint density at radius 1 is 1.00 bits per heavy atom. The Morgan fingerprint density at radius 3 is 2.12 bits per heavy atom. The van der Waals surface area contributed by atoms with Gasteiger partial charge in [0.2, 0.25) is 0 Å². The molecular formula is C28H48O3Si3. The number of carbonyl (C=O) groups excluding carboxylic acids is 1. The van der Waals surface area contributed by atoms with Crippen LogP contribution in [0.25, 0.3) is 6.08 Å². The Labute approximate surface area is 212 Å². The van der Waals surface area contributed by atoms with E-state index in [2.05, 4.69) is 84.8 Å². The van der Waals surface area contributed by atoms with Crippen molar-refractivity contribution in [2.75, 3.05) is 6.61 Å². The Balaban J connectivity index is 1.57. The van der Waals surface area contributed by atoms with Crippen molar-refractivity contribution in [1.29, 1.82) is 0 Å². The standard InChI is InChI=1S/C28H48O3Si3/c1-27(2)25-16-17-28(27,3)26(29)24(25)20-22-12-14-23(15-13-22)30-18-11-19-34(10,21-32(4,5)6)31-33(7,8)9/h12-15,20,25H,11,16-19,21H2,1-10H3/b24-20+. The van der Waals surface area contributed by atoms with E-state index in [0.29, 0.717) is 11.7 Å². The minimum atomic E-state index is -1.72. The molecule has 0 heterocycles. The molecular weight excluding hydrogens is 469 g/mol. The predicted octanol–water partition coefficient (Wildman–Crippen LogP) is 8.17. The molecule has 3 atom stereocenters. The Morgan fingerprint density at radius 2 is 1.62 bits per heavy atom. The lowest BCUT2D eigenvalue weighted by Gasteiger charge is -2.38. The van der Waals surface area contributed by atoms with Crippen molar-refractivity contribution < 1.29 is 13.6 Å². The molecule has 0 N–H and O–H groups in total. The van der Waals surface area contributed by atoms with Crippen LogP contribution < -0.4 is 4.74 Å². The Hall–Kier alpha value is -0.959. The molecule has 0 amide bonds. The van der Waals surface area contributed by atoms with Crippen molar-refractivity contribution in [2.24, 2.45) is 16.7 Å². The van der Waals surface area contributed by atoms with Crippen LogP contribution in [0, 0.1) is 16.7 Å². The Kier molecular flexibility index (Phi) is 7.71. The molecule has 2 aliphatic carbocycles. The number of hydrogen-bond acceptors (Lipinski definition) is 3. The summed E-state index contributed by atoms with van der Waals surface area (Å²) in [4.78, 5) is 13.1. The first-order valence-electron chi connectivity index (χ1n) is 13.2. The highest BCUT2D eigenvalue weighted by molar-refractivity contribution is 6.96. The highest BCUT2D eigenvalue weighted by atomic mass is 28.4. The minimum Gasteiger partial charge on any atom is -0.494 e. The van der Waals surface area contributed by atoms with Crippen LogP contribution in [0.2, 0.25) is 57.5 Å². The second-order valence-electron chi connectivity index (χ2n) is 14.0. The number of carbonyl (C=O) groups is 1. The fourth-order valence-electron chi connectivity index (χ4n) is 6.61. The van der Waals surface area contributed by atoms with Gasteiger partial charge in [0.15, 0.2) is 22.4 Å². The first-order chi connectivity index (χ1) is 15.5. The molecule has 0 aromatic heterocycles. The van der Waals surface area contributed by atoms with E-state index in [-0.39, 0.29) is 10.8 Å². The SMILES string of the molecule is CC12CCC(/C(=C\c3ccc(OCCC[Si](C)(C[Si](C)(C)C)O[Si](C)(C)C)cc3)C1=O)C2(C)C. The summed E-state index contributed by atoms with van der Waals surface area (Å²) in [6.45, 7) is 24.2. The van der Waals surface area contributed by atoms with E-state index in [9.17, 15) is 4.79 Å². The molecule has 0 radical (unpaired) electrons. The number of ether oxygens (including phenoxy) is 1. The largest absolute Gasteiger partial charge is 0.494 e. The number of rotatable bonds is 10. The van der Waals surface area contributed by atoms with Gasteiger partial charge in [-0.3, -0.25) is 4.79 Å². The summed E-state index contributed by atoms with van der Waals surface area (Å²) in [5, 5.41) is 0. The fourth-order valence-corrected chi connectivity index (χ4v) is 24.4. The van der Waals surface area contributed by atoms with E-state index in [1.54, 1.807) is 0 Å². The van der Waals surface area contributed by atoms with Crippen LogP contribution in [-0.2, 0) is 8.91 Å². The molecule has 0 saturated heterocycles. The quantitative estimate of drug-likeness (QED) is 0.179. The molecule has 1 aromatic carbocycles. The van der Waals surface area contributed by atoms with Gasteiger partial charge in [-0.1, -0.05) is 52.5 Å². The van der Waals surface area contributed by atoms with Crippen LogP contribution in [0.3, 0.4) is 0 Å². The molecule has 2 aliphatic rings. The molecule has 2 saturated carbocycles. The maximum atomic E-state index is 13.1. The summed E-state index contributed by atoms with van der Waals surface area (Å²) in [5.74, 6) is 1.66. The molecule has 6 heteroatoms. The van der Waals surface area contributed by atoms with Gasteiger partial charge in [-0.15, -0.1) is 0 Å². The van der Waals surface area contributed by atoms with Gasteiger partial charge in [0, 0.05) is 13.5 Å². The van der Waals surface area contributed by atoms with Crippen molar-refractivity contribution in [3.8, 4) is 5.75 Å². The molecule has 3 rings (SSSR count). The molecule has 2 fully saturated rings. The van der Waals surface area contributed by atoms with Gasteiger partial charge < -0.3 is 8.85 Å². The smallest absolute Gasteiger partial charge is 0.174 e. The molecule has 34 heavy (non-hydrogen) atoms. The summed E-state index contributed by atoms with van der Waals surface area (Å²) in [7, 11) is -4.44. The number of benzene rings is 1. The van der Waals surface area contributed by atoms with E-state index in [1.165, 1.54) is 11.7 Å². The normalized spacial score (nSPS) is 27.3. The molecule has 0 spiro atoms. The zero-order valence-corrected chi connectivity index (χ0v) is 26.4. The first-order valence-corrected chi connectivity index (χ1v) is 23.1. The average Bonchev–Trinajstić information content (AvgIpc) is 2.97. The monoisotopic (exact) mass is 516 g/mol. The van der Waals surface area contributed by atoms with Gasteiger partial charge in [-0.25, -0.2) is 0 Å². The van der Waals surface area contributed by atoms with Gasteiger partial charge in [-0.05, 0) is 97.8 Å². The van der Waals surface area contributed by atoms with Crippen molar-refractivity contribution >= 4 is 36.6 Å². The van der Waals surface area contributed by atoms with Gasteiger partial charge in [0.05, 0.1) is 6.61 Å². The van der Waals surface area contributed by atoms with Crippen LogP contribution in [0.1, 0.15) is 45.6 Å². The summed E-state index contributed by atoms with van der Waals surface area (Å²) in [5.41, 5.74) is 3.32. The van der Waals surface area contributed by atoms with Crippen molar-refractivity contribution in [1.82, 2.24) is 0 Å². The number of allylic oxidation sites excluding steroid dienone is 1. The zero-order chi connectivity index (χ0) is 25.6. The Bertz CT molecular complexity index is 906. The van der Waals surface area contributed by atoms with Gasteiger partial charge in [-0.2, -0.15) is 0 Å². The molecule has 2 bridgehead atoms. The van der Waals surface area contributed by atoms with E-state index >= 15 is 0 Å². The lowest BCUT2D eigenvalue weighted by molar-refractivity contribution is -0.125. The average molecular weight is 517 g/mol. The van der Waals surface area contributed by atoms with Crippen molar-refractivity contribution in [2.45, 2.75) is 97.6 Å². The topological polar surface area (TPSA) is 35.5 Å². The van der Waals surface area contributed by atoms with E-state index in [0.717, 1.165) is 42.8 Å². The van der Waals surface area contributed by atoms with Crippen LogP contribution in [-0.4, -0.2) is 37.1 Å². The number of hydrogen-bond donors (Lipinski definition) is 0. The third-order valence-electron chi connectivity index (χ3n) is 8.14. The van der Waals surface area contributed by atoms with Crippen LogP contribution in [0.4, 0.5) is 0 Å². The van der Waals surface area contributed by atoms with Crippen LogP contribution >= 0.6 is 0 Å². The van der Waals surface area contributed by atoms with E-state index in [4.69, 9.17) is 8.85 Å². The molecule has 3 unspecified atom stereocenters. The summed E-state index contributed by atoms with van der Waals surface area (Å²) in [6, 6.07) is 9.46. The maximum absolute atomic E-state index is 13.1. The van der Waals surface area contributed by atoms with Gasteiger partial charge >= 0.3 is 0 Å². The third-order valence-corrected chi connectivity index (χ3v) is 21.2. The number of ketones is 1. The molecule has 0 aliphatic heterocycles. The number of Topliss-reactive ketones (excluding diaryl/α,β-unsaturated/α-hetero) is 1. The highest BCUT2D eigenvalue weighted by Gasteiger charge is 2.63. The summed E-state index contributed by atoms with van der Waals surface area (Å²) < 4.78 is 12.9. The predicted molar refractivity (Wildman–Crippen MR) is 153 cm³/mol. The van der Waals surface area contributed by atoms with Gasteiger partial charge in [0.25, 0.3) is 0 Å². The fraction of sp³-hybridized carbons (Fsp3) is 0.679. The minimum absolute atomic E-state index is 0.0610. The lowest BCUT2D eigenvalue weighted by atomic mass is 9.70. The van der Waals surface area contributed by atoms with E-state index in [1.807, 2.05) is 12.1 Å². The molecule has 190 valence electrons. The van der Waals surface area contributed by atoms with Crippen molar-refractivity contribution in [3.63, 3.8) is 0 Å². The number of fused-ring (bicyclic) bond motifs is 2. The first kappa shape index (κ1) is 27.6. The van der Waals surface area contributed by atoms with Gasteiger partial charge in [0.1, 0.15) is 5.75 Å². The summed E-state index contributed by atoms with van der Waals surface area (Å²) >= 11 is 0. The van der Waals surface area contributed by atoms with Crippen molar-refractivity contribution in [3.05, 3.63) is 35.4 Å². The zero-order valence-electron chi connectivity index (χ0n) is 23.4. The van der Waals surface area contributed by atoms with E-state index < -0.39 is 24.7 Å². The second-order valence-corrected chi connectivity index (χ2v) is 29.0. The lowest BCUT2D eigenvalue weighted by Crippen LogP contribution is -2.49. The second kappa shape index (κ2) is 9.49. The molecule has 1 aromatic rings. The third kappa shape index (κ3) is 6.05. The maximum Gasteiger partial charge on any atom is 0.174 e. The molecule has 3 nitrogen and oxygen atoms in total.